The summed E-state index contributed by atoms with van der Waals surface area (Å²) in [5, 5.41) is 0. The van der Waals surface area contributed by atoms with Gasteiger partial charge in [0.25, 0.3) is 0 Å². The van der Waals surface area contributed by atoms with E-state index in [1.54, 1.807) is 0 Å². The topological polar surface area (TPSA) is 9.23 Å². The number of rotatable bonds is 2. The summed E-state index contributed by atoms with van der Waals surface area (Å²) in [6.45, 7) is 2.65. The van der Waals surface area contributed by atoms with Crippen LogP contribution in [-0.2, 0) is 20.6 Å². The van der Waals surface area contributed by atoms with Crippen molar-refractivity contribution >= 4 is 4.57 Å². The summed E-state index contributed by atoms with van der Waals surface area (Å²) in [4.78, 5) is 0. The molecule has 0 aromatic rings. The molecule has 0 amide bonds. The van der Waals surface area contributed by atoms with Gasteiger partial charge in [0.2, 0.25) is 0 Å². The molecule has 0 aromatic carbocycles. The second-order valence-corrected chi connectivity index (χ2v) is 2.84. The van der Waals surface area contributed by atoms with Gasteiger partial charge < -0.3 is 0 Å². The monoisotopic (exact) mass is 174 g/mol. The first-order valence-corrected chi connectivity index (χ1v) is 4.15. The van der Waals surface area contributed by atoms with Gasteiger partial charge in [0.05, 0.1) is 0 Å². The van der Waals surface area contributed by atoms with Gasteiger partial charge in [-0.1, -0.05) is 0 Å². The van der Waals surface area contributed by atoms with Crippen LogP contribution in [0.2, 0.25) is 0 Å². The van der Waals surface area contributed by atoms with E-state index < -0.39 is 0 Å². The van der Waals surface area contributed by atoms with Gasteiger partial charge in [0, 0.05) is 0 Å². The molecule has 0 heterocycles. The fourth-order valence-corrected chi connectivity index (χ4v) is 0.832. The maximum absolute atomic E-state index is 5.11. The minimum atomic E-state index is 0.656. The van der Waals surface area contributed by atoms with Crippen molar-refractivity contribution in [2.45, 2.75) is 19.8 Å². The molecule has 1 fully saturated rings. The number of hydrogen-bond donors (Lipinski definition) is 0. The summed E-state index contributed by atoms with van der Waals surface area (Å²) in [7, 11) is 0. The Morgan fingerprint density at radius 2 is 2.40 bits per heavy atom. The van der Waals surface area contributed by atoms with Crippen LogP contribution in [-0.4, -0.2) is 11.2 Å². The molecule has 1 aliphatic rings. The summed E-state index contributed by atoms with van der Waals surface area (Å²) in [5.74, 6) is 6.69. The summed E-state index contributed by atoms with van der Waals surface area (Å²) in [6.07, 6.45) is 2.54. The van der Waals surface area contributed by atoms with E-state index in [4.69, 9.17) is 4.74 Å². The molecule has 1 saturated carbocycles. The van der Waals surface area contributed by atoms with Crippen molar-refractivity contribution in [3.8, 4) is 11.8 Å². The predicted octanol–water partition coefficient (Wildman–Crippen LogP) is 1.11. The van der Waals surface area contributed by atoms with Crippen molar-refractivity contribution in [2.24, 2.45) is 5.92 Å². The van der Waals surface area contributed by atoms with Crippen molar-refractivity contribution in [3.05, 3.63) is 0 Å². The summed E-state index contributed by atoms with van der Waals surface area (Å²) >= 11 is 2.78. The molecule has 0 unspecified atom stereocenters. The van der Waals surface area contributed by atoms with E-state index in [1.807, 2.05) is 6.92 Å². The molecular formula is C8H10CrO. The summed E-state index contributed by atoms with van der Waals surface area (Å²) in [6, 6.07) is 0. The first-order chi connectivity index (χ1) is 4.83. The van der Waals surface area contributed by atoms with Crippen LogP contribution in [0.5, 0.6) is 0 Å². The van der Waals surface area contributed by atoms with E-state index in [9.17, 15) is 0 Å². The van der Waals surface area contributed by atoms with Crippen molar-refractivity contribution in [2.75, 3.05) is 6.61 Å². The van der Waals surface area contributed by atoms with E-state index in [0.717, 1.165) is 4.57 Å². The van der Waals surface area contributed by atoms with E-state index in [1.165, 1.54) is 12.8 Å². The second-order valence-electron chi connectivity index (χ2n) is 2.26. The van der Waals surface area contributed by atoms with Crippen molar-refractivity contribution in [3.63, 3.8) is 0 Å². The summed E-state index contributed by atoms with van der Waals surface area (Å²) < 4.78 is 5.84. The van der Waals surface area contributed by atoms with Crippen LogP contribution in [0.1, 0.15) is 19.8 Å². The molecular weight excluding hydrogens is 164 g/mol. The molecule has 0 aromatic heterocycles. The third-order valence-corrected chi connectivity index (χ3v) is 1.57. The normalized spacial score (nSPS) is 15.7. The van der Waals surface area contributed by atoms with Crippen LogP contribution in [0.4, 0.5) is 0 Å². The second kappa shape index (κ2) is 3.94. The Morgan fingerprint density at radius 3 is 2.90 bits per heavy atom. The minimum absolute atomic E-state index is 0.656. The van der Waals surface area contributed by atoms with Gasteiger partial charge in [-0.25, -0.2) is 0 Å². The molecule has 54 valence electrons. The van der Waals surface area contributed by atoms with Crippen LogP contribution in [0.3, 0.4) is 0 Å². The molecule has 1 aliphatic carbocycles. The Morgan fingerprint density at radius 1 is 1.70 bits per heavy atom. The van der Waals surface area contributed by atoms with Gasteiger partial charge in [-0.05, 0) is 0 Å². The van der Waals surface area contributed by atoms with Crippen molar-refractivity contribution in [1.29, 1.82) is 0 Å². The molecule has 0 bridgehead atoms. The van der Waals surface area contributed by atoms with E-state index >= 15 is 0 Å². The van der Waals surface area contributed by atoms with Gasteiger partial charge in [-0.2, -0.15) is 0 Å². The Bertz CT molecular complexity index is 183. The molecule has 0 atom stereocenters. The van der Waals surface area contributed by atoms with Gasteiger partial charge in [0.1, 0.15) is 0 Å². The van der Waals surface area contributed by atoms with Crippen LogP contribution < -0.4 is 0 Å². The Kier molecular flexibility index (Phi) is 3.16. The fourth-order valence-electron chi connectivity index (χ4n) is 0.556. The zero-order valence-electron chi connectivity index (χ0n) is 6.02. The standard InChI is InChI=1S/C8H10O.Cr/c1-2-9-7-3-4-8-5-6-8;/h8H,2,5-6H2,1H3;. The molecule has 10 heavy (non-hydrogen) atoms. The average molecular weight is 174 g/mol. The van der Waals surface area contributed by atoms with Crippen LogP contribution >= 0.6 is 0 Å². The molecule has 1 nitrogen and oxygen atoms in total. The Balaban J connectivity index is 2.23. The molecule has 0 saturated heterocycles. The quantitative estimate of drug-likeness (QED) is 0.570. The van der Waals surface area contributed by atoms with E-state index in [0.29, 0.717) is 12.5 Å². The average Bonchev–Trinajstić information content (AvgIpc) is 2.67. The molecule has 2 heteroatoms. The first kappa shape index (κ1) is 8.02. The molecule has 1 rings (SSSR count). The number of ether oxygens (including phenoxy) is 1. The van der Waals surface area contributed by atoms with E-state index in [2.05, 4.69) is 27.7 Å². The van der Waals surface area contributed by atoms with Gasteiger partial charge in [-0.3, -0.25) is 0 Å². The Hall–Kier alpha value is -0.0775. The third-order valence-electron chi connectivity index (χ3n) is 1.23. The number of hydrogen-bond acceptors (Lipinski definition) is 1. The van der Waals surface area contributed by atoms with Gasteiger partial charge in [-0.15, -0.1) is 0 Å². The fraction of sp³-hybridized carbons (Fsp3) is 0.625. The van der Waals surface area contributed by atoms with Gasteiger partial charge in [0.15, 0.2) is 0 Å². The molecule has 0 radical (unpaired) electrons. The van der Waals surface area contributed by atoms with Crippen molar-refractivity contribution < 1.29 is 20.6 Å². The van der Waals surface area contributed by atoms with Crippen LogP contribution in [0.15, 0.2) is 0 Å². The van der Waals surface area contributed by atoms with Crippen LogP contribution in [0, 0.1) is 17.8 Å². The summed E-state index contributed by atoms with van der Waals surface area (Å²) in [5.41, 5.74) is 0. The zero-order chi connectivity index (χ0) is 7.40. The third kappa shape index (κ3) is 3.18. The molecule has 0 aliphatic heterocycles. The molecule has 0 N–H and O–H groups in total. The van der Waals surface area contributed by atoms with Crippen LogP contribution in [0.25, 0.3) is 0 Å². The molecule has 0 spiro atoms. The predicted molar refractivity (Wildman–Crippen MR) is 37.1 cm³/mol. The van der Waals surface area contributed by atoms with Gasteiger partial charge >= 0.3 is 69.3 Å². The maximum atomic E-state index is 5.11. The van der Waals surface area contributed by atoms with E-state index in [-0.39, 0.29) is 0 Å². The zero-order valence-corrected chi connectivity index (χ0v) is 7.29. The SMILES string of the molecule is CCO[C](=[Cr])C#CC1CC1. The Labute approximate surface area is 69.7 Å². The van der Waals surface area contributed by atoms with Crippen molar-refractivity contribution in [1.82, 2.24) is 0 Å². The first-order valence-electron chi connectivity index (χ1n) is 3.51.